The van der Waals surface area contributed by atoms with Crippen molar-refractivity contribution in [1.29, 1.82) is 0 Å². The van der Waals surface area contributed by atoms with Crippen molar-refractivity contribution in [2.75, 3.05) is 20.1 Å². The topological polar surface area (TPSA) is 44.3 Å². The fraction of sp³-hybridized carbons (Fsp3) is 1.00. The minimum absolute atomic E-state index is 0.167. The zero-order valence-electron chi connectivity index (χ0n) is 8.59. The van der Waals surface area contributed by atoms with E-state index in [1.54, 1.807) is 13.8 Å². The fourth-order valence-corrected chi connectivity index (χ4v) is 1.20. The van der Waals surface area contributed by atoms with E-state index >= 15 is 0 Å². The first-order chi connectivity index (χ1) is 5.57. The first-order valence-electron chi connectivity index (χ1n) is 4.64. The second kappa shape index (κ2) is 6.40. The molecule has 1 fully saturated rings. The lowest BCUT2D eigenvalue weighted by molar-refractivity contribution is 0.216. The minimum atomic E-state index is -0.167. The molecule has 1 aliphatic rings. The van der Waals surface area contributed by atoms with Gasteiger partial charge in [-0.1, -0.05) is 6.92 Å². The summed E-state index contributed by atoms with van der Waals surface area (Å²) in [4.78, 5) is 0. The van der Waals surface area contributed by atoms with E-state index in [9.17, 15) is 0 Å². The molecule has 0 saturated carbocycles. The van der Waals surface area contributed by atoms with Crippen LogP contribution in [0.3, 0.4) is 0 Å². The SMILES string of the molecule is CC(C)O.CNC1CNCC1C. The third-order valence-electron chi connectivity index (χ3n) is 1.89. The Morgan fingerprint density at radius 3 is 2.08 bits per heavy atom. The van der Waals surface area contributed by atoms with Gasteiger partial charge in [0.05, 0.1) is 0 Å². The maximum Gasteiger partial charge on any atom is 0.0483 e. The Morgan fingerprint density at radius 1 is 1.42 bits per heavy atom. The summed E-state index contributed by atoms with van der Waals surface area (Å²) in [6.07, 6.45) is -0.167. The molecule has 0 aliphatic carbocycles. The number of likely N-dealkylation sites (N-methyl/N-ethyl adjacent to an activating group) is 1. The molecular formula is C9H22N2O. The van der Waals surface area contributed by atoms with Gasteiger partial charge in [0.15, 0.2) is 0 Å². The molecule has 74 valence electrons. The Kier molecular flexibility index (Phi) is 6.34. The Hall–Kier alpha value is -0.120. The predicted molar refractivity (Wildman–Crippen MR) is 52.2 cm³/mol. The summed E-state index contributed by atoms with van der Waals surface area (Å²) < 4.78 is 0. The van der Waals surface area contributed by atoms with E-state index in [4.69, 9.17) is 5.11 Å². The Labute approximate surface area is 75.6 Å². The number of hydrogen-bond donors (Lipinski definition) is 3. The van der Waals surface area contributed by atoms with E-state index in [-0.39, 0.29) is 6.10 Å². The Bertz CT molecular complexity index is 104. The number of aliphatic hydroxyl groups excluding tert-OH is 1. The molecule has 2 unspecified atom stereocenters. The standard InChI is InChI=1S/C6H14N2.C3H8O/c1-5-3-8-4-6(5)7-2;1-3(2)4/h5-8H,3-4H2,1-2H3;3-4H,1-2H3. The summed E-state index contributed by atoms with van der Waals surface area (Å²) in [5.41, 5.74) is 0. The van der Waals surface area contributed by atoms with Crippen LogP contribution in [0.2, 0.25) is 0 Å². The van der Waals surface area contributed by atoms with Crippen molar-refractivity contribution in [1.82, 2.24) is 10.6 Å². The average molecular weight is 174 g/mol. The van der Waals surface area contributed by atoms with Gasteiger partial charge < -0.3 is 15.7 Å². The fourth-order valence-electron chi connectivity index (χ4n) is 1.20. The van der Waals surface area contributed by atoms with E-state index in [0.717, 1.165) is 12.5 Å². The largest absolute Gasteiger partial charge is 0.394 e. The molecule has 1 rings (SSSR count). The highest BCUT2D eigenvalue weighted by Gasteiger charge is 2.19. The maximum atomic E-state index is 8.06. The van der Waals surface area contributed by atoms with Crippen LogP contribution < -0.4 is 10.6 Å². The second-order valence-electron chi connectivity index (χ2n) is 3.62. The van der Waals surface area contributed by atoms with Crippen LogP contribution in [0.4, 0.5) is 0 Å². The van der Waals surface area contributed by atoms with Gasteiger partial charge in [0.2, 0.25) is 0 Å². The lowest BCUT2D eigenvalue weighted by Crippen LogP contribution is -2.31. The molecule has 12 heavy (non-hydrogen) atoms. The molecule has 1 aliphatic heterocycles. The van der Waals surface area contributed by atoms with Crippen molar-refractivity contribution in [2.24, 2.45) is 5.92 Å². The van der Waals surface area contributed by atoms with Gasteiger partial charge in [-0.25, -0.2) is 0 Å². The zero-order valence-corrected chi connectivity index (χ0v) is 8.59. The molecular weight excluding hydrogens is 152 g/mol. The molecule has 0 amide bonds. The van der Waals surface area contributed by atoms with Gasteiger partial charge in [0.1, 0.15) is 0 Å². The zero-order chi connectivity index (χ0) is 9.56. The average Bonchev–Trinajstić information content (AvgIpc) is 2.33. The number of nitrogens with one attached hydrogen (secondary N) is 2. The van der Waals surface area contributed by atoms with Crippen LogP contribution in [0.1, 0.15) is 20.8 Å². The molecule has 0 aromatic rings. The first-order valence-corrected chi connectivity index (χ1v) is 4.64. The molecule has 0 spiro atoms. The van der Waals surface area contributed by atoms with Crippen molar-refractivity contribution < 1.29 is 5.11 Å². The van der Waals surface area contributed by atoms with Gasteiger partial charge in [-0.3, -0.25) is 0 Å². The lowest BCUT2D eigenvalue weighted by atomic mass is 10.1. The van der Waals surface area contributed by atoms with Crippen LogP contribution in [0, 0.1) is 5.92 Å². The Morgan fingerprint density at radius 2 is 1.92 bits per heavy atom. The quantitative estimate of drug-likeness (QED) is 0.532. The summed E-state index contributed by atoms with van der Waals surface area (Å²) in [6, 6.07) is 0.704. The molecule has 3 N–H and O–H groups in total. The van der Waals surface area contributed by atoms with E-state index in [0.29, 0.717) is 6.04 Å². The Balaban J connectivity index is 0.000000261. The second-order valence-corrected chi connectivity index (χ2v) is 3.62. The molecule has 2 atom stereocenters. The number of rotatable bonds is 1. The lowest BCUT2D eigenvalue weighted by Gasteiger charge is -2.10. The van der Waals surface area contributed by atoms with Crippen LogP contribution in [0.5, 0.6) is 0 Å². The number of aliphatic hydroxyl groups is 1. The molecule has 3 heteroatoms. The number of hydrogen-bond acceptors (Lipinski definition) is 3. The molecule has 0 bridgehead atoms. The van der Waals surface area contributed by atoms with Crippen molar-refractivity contribution in [3.8, 4) is 0 Å². The summed E-state index contributed by atoms with van der Waals surface area (Å²) in [5, 5.41) is 14.6. The maximum absolute atomic E-state index is 8.06. The molecule has 1 saturated heterocycles. The van der Waals surface area contributed by atoms with Gasteiger partial charge >= 0.3 is 0 Å². The molecule has 0 aromatic carbocycles. The highest BCUT2D eigenvalue weighted by molar-refractivity contribution is 4.82. The van der Waals surface area contributed by atoms with Crippen LogP contribution >= 0.6 is 0 Å². The van der Waals surface area contributed by atoms with Crippen LogP contribution in [0.15, 0.2) is 0 Å². The van der Waals surface area contributed by atoms with E-state index in [1.807, 2.05) is 7.05 Å². The predicted octanol–water partition coefficient (Wildman–Crippen LogP) is 0.201. The normalized spacial score (nSPS) is 28.5. The molecule has 0 aromatic heterocycles. The van der Waals surface area contributed by atoms with Crippen LogP contribution in [-0.4, -0.2) is 37.4 Å². The van der Waals surface area contributed by atoms with Crippen molar-refractivity contribution in [3.05, 3.63) is 0 Å². The van der Waals surface area contributed by atoms with Gasteiger partial charge in [0.25, 0.3) is 0 Å². The summed E-state index contributed by atoms with van der Waals surface area (Å²) >= 11 is 0. The highest BCUT2D eigenvalue weighted by atomic mass is 16.3. The monoisotopic (exact) mass is 174 g/mol. The third-order valence-corrected chi connectivity index (χ3v) is 1.89. The summed E-state index contributed by atoms with van der Waals surface area (Å²) in [5.74, 6) is 0.806. The molecule has 3 nitrogen and oxygen atoms in total. The van der Waals surface area contributed by atoms with Gasteiger partial charge in [-0.15, -0.1) is 0 Å². The molecule has 1 heterocycles. The van der Waals surface area contributed by atoms with Gasteiger partial charge in [0, 0.05) is 18.7 Å². The minimum Gasteiger partial charge on any atom is -0.394 e. The van der Waals surface area contributed by atoms with E-state index in [1.165, 1.54) is 6.54 Å². The van der Waals surface area contributed by atoms with E-state index in [2.05, 4.69) is 17.6 Å². The van der Waals surface area contributed by atoms with Gasteiger partial charge in [-0.05, 0) is 33.4 Å². The van der Waals surface area contributed by atoms with Crippen molar-refractivity contribution in [3.63, 3.8) is 0 Å². The van der Waals surface area contributed by atoms with Crippen LogP contribution in [-0.2, 0) is 0 Å². The summed E-state index contributed by atoms with van der Waals surface area (Å²) in [6.45, 7) is 8.02. The first kappa shape index (κ1) is 11.9. The van der Waals surface area contributed by atoms with E-state index < -0.39 is 0 Å². The van der Waals surface area contributed by atoms with Gasteiger partial charge in [-0.2, -0.15) is 0 Å². The van der Waals surface area contributed by atoms with Crippen LogP contribution in [0.25, 0.3) is 0 Å². The van der Waals surface area contributed by atoms with Crippen molar-refractivity contribution >= 4 is 0 Å². The smallest absolute Gasteiger partial charge is 0.0483 e. The summed E-state index contributed by atoms with van der Waals surface area (Å²) in [7, 11) is 2.02. The highest BCUT2D eigenvalue weighted by Crippen LogP contribution is 2.05. The third kappa shape index (κ3) is 5.52. The van der Waals surface area contributed by atoms with Crippen molar-refractivity contribution in [2.45, 2.75) is 32.9 Å². The molecule has 0 radical (unpaired) electrons.